The molecule has 0 aliphatic carbocycles. The summed E-state index contributed by atoms with van der Waals surface area (Å²) in [5.41, 5.74) is 2.77. The van der Waals surface area contributed by atoms with Gasteiger partial charge in [-0.1, -0.05) is 24.3 Å². The number of nitrogens with zero attached hydrogens (tertiary/aromatic N) is 2. The quantitative estimate of drug-likeness (QED) is 0.800. The summed E-state index contributed by atoms with van der Waals surface area (Å²) in [5, 5.41) is 9.27. The molecule has 3 aromatic rings. The minimum absolute atomic E-state index is 0.0130. The molecule has 0 saturated heterocycles. The minimum Gasteiger partial charge on any atom is -0.497 e. The highest BCUT2D eigenvalue weighted by Crippen LogP contribution is 2.26. The van der Waals surface area contributed by atoms with E-state index in [1.54, 1.807) is 11.7 Å². The fraction of sp³-hybridized carbons (Fsp3) is 0.111. The average molecular weight is 308 g/mol. The van der Waals surface area contributed by atoms with Crippen molar-refractivity contribution in [3.05, 3.63) is 66.0 Å². The molecule has 3 rings (SSSR count). The van der Waals surface area contributed by atoms with E-state index in [2.05, 4.69) is 4.98 Å². The smallest absolute Gasteiger partial charge is 0.356 e. The van der Waals surface area contributed by atoms with E-state index in [0.29, 0.717) is 5.82 Å². The number of ether oxygens (including phenoxy) is 1. The Kier molecular flexibility index (Phi) is 3.85. The molecule has 0 atom stereocenters. The zero-order valence-corrected chi connectivity index (χ0v) is 12.9. The molecule has 1 N–H and O–H groups in total. The summed E-state index contributed by atoms with van der Waals surface area (Å²) in [6, 6.07) is 15.2. The van der Waals surface area contributed by atoms with Gasteiger partial charge in [0.05, 0.1) is 7.11 Å². The Hall–Kier alpha value is -3.08. The van der Waals surface area contributed by atoms with Crippen molar-refractivity contribution in [2.24, 2.45) is 0 Å². The van der Waals surface area contributed by atoms with E-state index in [1.807, 2.05) is 55.5 Å². The highest BCUT2D eigenvalue weighted by Gasteiger charge is 2.17. The molecule has 0 radical (unpaired) electrons. The zero-order valence-electron chi connectivity index (χ0n) is 12.9. The highest BCUT2D eigenvalue weighted by atomic mass is 16.5. The van der Waals surface area contributed by atoms with Gasteiger partial charge in [-0.3, -0.25) is 4.57 Å². The standard InChI is InChI=1S/C18H16N2O3/c1-12-5-3-4-6-15(12)17-19-16(18(21)22)11-20(17)13-7-9-14(23-2)10-8-13/h3-11H,1-2H3,(H,21,22). The normalized spacial score (nSPS) is 10.5. The molecule has 1 heterocycles. The van der Waals surface area contributed by atoms with Gasteiger partial charge in [0, 0.05) is 17.4 Å². The Bertz CT molecular complexity index is 851. The van der Waals surface area contributed by atoms with Crippen LogP contribution in [-0.4, -0.2) is 27.7 Å². The first kappa shape index (κ1) is 14.8. The summed E-state index contributed by atoms with van der Waals surface area (Å²) >= 11 is 0. The van der Waals surface area contributed by atoms with Crippen LogP contribution >= 0.6 is 0 Å². The first-order chi connectivity index (χ1) is 11.1. The SMILES string of the molecule is COc1ccc(-n2cc(C(=O)O)nc2-c2ccccc2C)cc1. The predicted octanol–water partition coefficient (Wildman–Crippen LogP) is 3.55. The summed E-state index contributed by atoms with van der Waals surface area (Å²) < 4.78 is 6.95. The van der Waals surface area contributed by atoms with Crippen LogP contribution in [-0.2, 0) is 0 Å². The maximum atomic E-state index is 11.3. The molecular weight excluding hydrogens is 292 g/mol. The molecule has 5 heteroatoms. The third-order valence-electron chi connectivity index (χ3n) is 3.66. The molecule has 0 unspecified atom stereocenters. The number of rotatable bonds is 4. The van der Waals surface area contributed by atoms with Crippen molar-refractivity contribution in [3.8, 4) is 22.8 Å². The van der Waals surface area contributed by atoms with E-state index in [1.165, 1.54) is 6.20 Å². The first-order valence-corrected chi connectivity index (χ1v) is 7.13. The number of aromatic nitrogens is 2. The Balaban J connectivity index is 2.18. The minimum atomic E-state index is -1.05. The maximum Gasteiger partial charge on any atom is 0.356 e. The van der Waals surface area contributed by atoms with Crippen LogP contribution in [0.3, 0.4) is 0 Å². The lowest BCUT2D eigenvalue weighted by molar-refractivity contribution is 0.0691. The van der Waals surface area contributed by atoms with Crippen LogP contribution in [0.5, 0.6) is 5.75 Å². The number of benzene rings is 2. The molecule has 5 nitrogen and oxygen atoms in total. The van der Waals surface area contributed by atoms with Gasteiger partial charge >= 0.3 is 5.97 Å². The Morgan fingerprint density at radius 1 is 1.13 bits per heavy atom. The van der Waals surface area contributed by atoms with Gasteiger partial charge < -0.3 is 9.84 Å². The van der Waals surface area contributed by atoms with Crippen molar-refractivity contribution in [3.63, 3.8) is 0 Å². The number of aryl methyl sites for hydroxylation is 1. The van der Waals surface area contributed by atoms with Gasteiger partial charge in [-0.05, 0) is 36.8 Å². The second-order valence-electron chi connectivity index (χ2n) is 5.14. The molecule has 0 spiro atoms. The van der Waals surface area contributed by atoms with Gasteiger partial charge in [0.1, 0.15) is 11.6 Å². The van der Waals surface area contributed by atoms with Crippen LogP contribution in [0.25, 0.3) is 17.1 Å². The van der Waals surface area contributed by atoms with E-state index >= 15 is 0 Å². The van der Waals surface area contributed by atoms with E-state index in [9.17, 15) is 9.90 Å². The van der Waals surface area contributed by atoms with Gasteiger partial charge in [0.2, 0.25) is 0 Å². The van der Waals surface area contributed by atoms with Crippen molar-refractivity contribution in [2.75, 3.05) is 7.11 Å². The number of methoxy groups -OCH3 is 1. The van der Waals surface area contributed by atoms with Crippen LogP contribution in [0.2, 0.25) is 0 Å². The first-order valence-electron chi connectivity index (χ1n) is 7.13. The number of carboxylic acid groups (broad SMARTS) is 1. The molecular formula is C18H16N2O3. The van der Waals surface area contributed by atoms with Gasteiger partial charge in [-0.25, -0.2) is 9.78 Å². The van der Waals surface area contributed by atoms with Crippen LogP contribution in [0.4, 0.5) is 0 Å². The van der Waals surface area contributed by atoms with Crippen LogP contribution in [0, 0.1) is 6.92 Å². The fourth-order valence-corrected chi connectivity index (χ4v) is 2.44. The van der Waals surface area contributed by atoms with Crippen LogP contribution in [0.15, 0.2) is 54.7 Å². The third kappa shape index (κ3) is 2.81. The number of carboxylic acids is 1. The van der Waals surface area contributed by atoms with Crippen molar-refractivity contribution in [1.29, 1.82) is 0 Å². The molecule has 1 aromatic heterocycles. The Labute approximate surface area is 133 Å². The van der Waals surface area contributed by atoms with Gasteiger partial charge in [-0.2, -0.15) is 0 Å². The summed E-state index contributed by atoms with van der Waals surface area (Å²) in [7, 11) is 1.60. The van der Waals surface area contributed by atoms with E-state index in [0.717, 1.165) is 22.6 Å². The summed E-state index contributed by atoms with van der Waals surface area (Å²) in [6.45, 7) is 1.98. The number of aromatic carboxylic acids is 1. The van der Waals surface area contributed by atoms with Crippen molar-refractivity contribution < 1.29 is 14.6 Å². The maximum absolute atomic E-state index is 11.3. The molecule has 0 aliphatic rings. The monoisotopic (exact) mass is 308 g/mol. The van der Waals surface area contributed by atoms with Crippen molar-refractivity contribution in [1.82, 2.24) is 9.55 Å². The van der Waals surface area contributed by atoms with E-state index in [-0.39, 0.29) is 5.69 Å². The van der Waals surface area contributed by atoms with E-state index < -0.39 is 5.97 Å². The molecule has 0 fully saturated rings. The predicted molar refractivity (Wildman–Crippen MR) is 87.2 cm³/mol. The molecule has 0 aliphatic heterocycles. The molecule has 2 aromatic carbocycles. The third-order valence-corrected chi connectivity index (χ3v) is 3.66. The topological polar surface area (TPSA) is 64.3 Å². The molecule has 116 valence electrons. The second-order valence-corrected chi connectivity index (χ2v) is 5.14. The summed E-state index contributed by atoms with van der Waals surface area (Å²) in [4.78, 5) is 15.6. The van der Waals surface area contributed by atoms with Crippen LogP contribution in [0.1, 0.15) is 16.1 Å². The molecule has 0 saturated carbocycles. The number of hydrogen-bond acceptors (Lipinski definition) is 3. The highest BCUT2D eigenvalue weighted by molar-refractivity contribution is 5.86. The second kappa shape index (κ2) is 5.96. The van der Waals surface area contributed by atoms with E-state index in [4.69, 9.17) is 4.74 Å². The van der Waals surface area contributed by atoms with Gasteiger partial charge in [0.25, 0.3) is 0 Å². The lowest BCUT2D eigenvalue weighted by Crippen LogP contribution is -1.97. The number of carbonyl (C=O) groups is 1. The lowest BCUT2D eigenvalue weighted by Gasteiger charge is -2.10. The molecule has 0 amide bonds. The fourth-order valence-electron chi connectivity index (χ4n) is 2.44. The Morgan fingerprint density at radius 3 is 2.43 bits per heavy atom. The Morgan fingerprint density at radius 2 is 1.83 bits per heavy atom. The van der Waals surface area contributed by atoms with Gasteiger partial charge in [-0.15, -0.1) is 0 Å². The lowest BCUT2D eigenvalue weighted by atomic mass is 10.1. The summed E-state index contributed by atoms with van der Waals surface area (Å²) in [6.07, 6.45) is 1.53. The van der Waals surface area contributed by atoms with Crippen molar-refractivity contribution in [2.45, 2.75) is 6.92 Å². The van der Waals surface area contributed by atoms with Gasteiger partial charge in [0.15, 0.2) is 5.69 Å². The largest absolute Gasteiger partial charge is 0.497 e. The van der Waals surface area contributed by atoms with Crippen LogP contribution < -0.4 is 4.74 Å². The zero-order chi connectivity index (χ0) is 16.4. The number of imidazole rings is 1. The van der Waals surface area contributed by atoms with Crippen molar-refractivity contribution >= 4 is 5.97 Å². The summed E-state index contributed by atoms with van der Waals surface area (Å²) in [5.74, 6) is 0.294. The molecule has 23 heavy (non-hydrogen) atoms. The average Bonchev–Trinajstić information content (AvgIpc) is 3.01. The number of hydrogen-bond donors (Lipinski definition) is 1. The molecule has 0 bridgehead atoms.